The quantitative estimate of drug-likeness (QED) is 0.828. The molecule has 0 bridgehead atoms. The minimum absolute atomic E-state index is 0.0549. The fraction of sp³-hybridized carbons (Fsp3) is 0.412. The summed E-state index contributed by atoms with van der Waals surface area (Å²) in [5, 5.41) is 23.1. The molecule has 1 aromatic carbocycles. The van der Waals surface area contributed by atoms with Gasteiger partial charge < -0.3 is 15.2 Å². The number of Topliss-reactive ketones (excluding diaryl/α,β-unsaturated/α-hetero) is 1. The number of carbonyl (C=O) groups excluding carboxylic acids is 1. The van der Waals surface area contributed by atoms with Crippen LogP contribution in [0.3, 0.4) is 0 Å². The minimum atomic E-state index is -0.826. The highest BCUT2D eigenvalue weighted by Gasteiger charge is 2.43. The molecule has 23 heavy (non-hydrogen) atoms. The van der Waals surface area contributed by atoms with E-state index in [1.165, 1.54) is 0 Å². The Hall–Kier alpha value is -1.84. The summed E-state index contributed by atoms with van der Waals surface area (Å²) in [7, 11) is 0. The lowest BCUT2D eigenvalue weighted by molar-refractivity contribution is -0.114. The van der Waals surface area contributed by atoms with Crippen LogP contribution >= 0.6 is 15.9 Å². The molecule has 0 aromatic heterocycles. The third-order valence-electron chi connectivity index (χ3n) is 4.32. The second-order valence-corrected chi connectivity index (χ2v) is 7.15. The van der Waals surface area contributed by atoms with Crippen molar-refractivity contribution >= 4 is 21.7 Å². The number of benzene rings is 1. The Labute approximate surface area is 143 Å². The van der Waals surface area contributed by atoms with Crippen molar-refractivity contribution in [2.75, 3.05) is 0 Å². The Bertz CT molecular complexity index is 749. The summed E-state index contributed by atoms with van der Waals surface area (Å²) < 4.78 is 6.41. The molecule has 0 fully saturated rings. The van der Waals surface area contributed by atoms with Crippen LogP contribution in [0.1, 0.15) is 43.9 Å². The SMILES string of the molecule is CC1(C)Oc2ccc(C#N)cc2C(NC2=C(Br)C(=O)CC2)C1O. The topological polar surface area (TPSA) is 82.3 Å². The average Bonchev–Trinajstić information content (AvgIpc) is 2.83. The fourth-order valence-electron chi connectivity index (χ4n) is 2.98. The van der Waals surface area contributed by atoms with Crippen molar-refractivity contribution in [3.05, 3.63) is 39.5 Å². The summed E-state index contributed by atoms with van der Waals surface area (Å²) in [4.78, 5) is 11.7. The number of hydrogen-bond donors (Lipinski definition) is 2. The van der Waals surface area contributed by atoms with Gasteiger partial charge in [-0.05, 0) is 54.4 Å². The van der Waals surface area contributed by atoms with Crippen LogP contribution in [0.4, 0.5) is 0 Å². The summed E-state index contributed by atoms with van der Waals surface area (Å²) in [5.74, 6) is 0.692. The molecule has 6 heteroatoms. The normalized spacial score (nSPS) is 25.6. The molecule has 3 rings (SSSR count). The van der Waals surface area contributed by atoms with E-state index < -0.39 is 17.7 Å². The van der Waals surface area contributed by atoms with E-state index in [4.69, 9.17) is 10.00 Å². The van der Waals surface area contributed by atoms with Crippen LogP contribution < -0.4 is 10.1 Å². The second kappa shape index (κ2) is 5.66. The molecule has 0 saturated carbocycles. The maximum Gasteiger partial charge on any atom is 0.171 e. The molecule has 1 aliphatic heterocycles. The lowest BCUT2D eigenvalue weighted by Gasteiger charge is -2.42. The third kappa shape index (κ3) is 2.75. The number of ether oxygens (including phenoxy) is 1. The molecule has 2 N–H and O–H groups in total. The number of hydrogen-bond acceptors (Lipinski definition) is 5. The summed E-state index contributed by atoms with van der Waals surface area (Å²) >= 11 is 3.32. The first-order chi connectivity index (χ1) is 10.8. The Kier molecular flexibility index (Phi) is 3.95. The number of nitrogens with zero attached hydrogens (tertiary/aromatic N) is 1. The fourth-order valence-corrected chi connectivity index (χ4v) is 3.49. The second-order valence-electron chi connectivity index (χ2n) is 6.35. The molecular weight excluding hydrogens is 360 g/mol. The van der Waals surface area contributed by atoms with Crippen molar-refractivity contribution in [2.45, 2.75) is 44.4 Å². The highest BCUT2D eigenvalue weighted by atomic mass is 79.9. The lowest BCUT2D eigenvalue weighted by Crippen LogP contribution is -2.52. The monoisotopic (exact) mass is 376 g/mol. The van der Waals surface area contributed by atoms with Crippen LogP contribution in [-0.2, 0) is 4.79 Å². The van der Waals surface area contributed by atoms with E-state index in [0.29, 0.717) is 28.6 Å². The van der Waals surface area contributed by atoms with E-state index in [-0.39, 0.29) is 5.78 Å². The number of nitrogens with one attached hydrogen (secondary N) is 1. The van der Waals surface area contributed by atoms with Crippen molar-refractivity contribution in [3.63, 3.8) is 0 Å². The van der Waals surface area contributed by atoms with E-state index in [2.05, 4.69) is 27.3 Å². The average molecular weight is 377 g/mol. The summed E-state index contributed by atoms with van der Waals surface area (Å²) in [6.07, 6.45) is 0.237. The first-order valence-corrected chi connectivity index (χ1v) is 8.22. The predicted molar refractivity (Wildman–Crippen MR) is 87.9 cm³/mol. The van der Waals surface area contributed by atoms with Crippen LogP contribution in [0.15, 0.2) is 28.4 Å². The molecule has 0 saturated heterocycles. The Balaban J connectivity index is 2.04. The molecule has 1 aliphatic carbocycles. The molecule has 5 nitrogen and oxygen atoms in total. The highest BCUT2D eigenvalue weighted by Crippen LogP contribution is 2.41. The molecule has 120 valence electrons. The summed E-state index contributed by atoms with van der Waals surface area (Å²) in [5.41, 5.74) is 1.23. The van der Waals surface area contributed by atoms with Crippen LogP contribution in [0, 0.1) is 11.3 Å². The third-order valence-corrected chi connectivity index (χ3v) is 5.24. The highest BCUT2D eigenvalue weighted by molar-refractivity contribution is 9.12. The van der Waals surface area contributed by atoms with Crippen molar-refractivity contribution in [3.8, 4) is 11.8 Å². The summed E-state index contributed by atoms with van der Waals surface area (Å²) in [6, 6.07) is 6.81. The number of fused-ring (bicyclic) bond motifs is 1. The van der Waals surface area contributed by atoms with Gasteiger partial charge in [-0.25, -0.2) is 0 Å². The molecule has 0 radical (unpaired) electrons. The Morgan fingerprint density at radius 2 is 2.17 bits per heavy atom. The zero-order chi connectivity index (χ0) is 16.8. The number of allylic oxidation sites excluding steroid dienone is 2. The maximum atomic E-state index is 11.7. The van der Waals surface area contributed by atoms with Gasteiger partial charge in [-0.3, -0.25) is 4.79 Å². The van der Waals surface area contributed by atoms with Gasteiger partial charge in [0.15, 0.2) is 5.78 Å². The molecule has 1 aromatic rings. The van der Waals surface area contributed by atoms with Gasteiger partial charge in [-0.2, -0.15) is 5.26 Å². The van der Waals surface area contributed by atoms with Crippen LogP contribution in [0.25, 0.3) is 0 Å². The van der Waals surface area contributed by atoms with Gasteiger partial charge in [0, 0.05) is 17.7 Å². The van der Waals surface area contributed by atoms with Crippen molar-refractivity contribution < 1.29 is 14.6 Å². The molecule has 2 atom stereocenters. The standard InChI is InChI=1S/C17H17BrN2O3/c1-17(2)16(22)15(20-11-4-5-12(21)14(11)18)10-7-9(8-19)3-6-13(10)23-17/h3,6-7,15-16,20,22H,4-5H2,1-2H3. The first-order valence-electron chi connectivity index (χ1n) is 7.43. The van der Waals surface area contributed by atoms with Gasteiger partial charge in [0.25, 0.3) is 0 Å². The van der Waals surface area contributed by atoms with E-state index >= 15 is 0 Å². The van der Waals surface area contributed by atoms with E-state index in [0.717, 1.165) is 11.3 Å². The number of aliphatic hydroxyl groups excluding tert-OH is 1. The Morgan fingerprint density at radius 3 is 2.78 bits per heavy atom. The maximum absolute atomic E-state index is 11.7. The number of halogens is 1. The zero-order valence-electron chi connectivity index (χ0n) is 12.9. The number of ketones is 1. The van der Waals surface area contributed by atoms with Gasteiger partial charge in [-0.1, -0.05) is 0 Å². The summed E-state index contributed by atoms with van der Waals surface area (Å²) in [6.45, 7) is 3.63. The van der Waals surface area contributed by atoms with Crippen molar-refractivity contribution in [1.82, 2.24) is 5.32 Å². The molecule has 2 aliphatic rings. The lowest BCUT2D eigenvalue weighted by atomic mass is 9.85. The van der Waals surface area contributed by atoms with Gasteiger partial charge in [0.05, 0.1) is 22.2 Å². The van der Waals surface area contributed by atoms with Crippen LogP contribution in [0.5, 0.6) is 5.75 Å². The van der Waals surface area contributed by atoms with E-state index in [1.54, 1.807) is 18.2 Å². The predicted octanol–water partition coefficient (Wildman–Crippen LogP) is 2.69. The van der Waals surface area contributed by atoms with Crippen LogP contribution in [-0.4, -0.2) is 22.6 Å². The van der Waals surface area contributed by atoms with Crippen molar-refractivity contribution in [2.24, 2.45) is 0 Å². The molecule has 0 amide bonds. The number of aliphatic hydroxyl groups is 1. The number of carbonyl (C=O) groups is 1. The Morgan fingerprint density at radius 1 is 1.43 bits per heavy atom. The van der Waals surface area contributed by atoms with Gasteiger partial charge >= 0.3 is 0 Å². The molecule has 2 unspecified atom stereocenters. The minimum Gasteiger partial charge on any atom is -0.485 e. The zero-order valence-corrected chi connectivity index (χ0v) is 14.5. The molecule has 1 heterocycles. The van der Waals surface area contributed by atoms with Gasteiger partial charge in [-0.15, -0.1) is 0 Å². The first kappa shape index (κ1) is 16.0. The van der Waals surface area contributed by atoms with Crippen molar-refractivity contribution in [1.29, 1.82) is 5.26 Å². The molecular formula is C17H17BrN2O3. The van der Waals surface area contributed by atoms with Gasteiger partial charge in [0.2, 0.25) is 0 Å². The molecule has 0 spiro atoms. The number of rotatable bonds is 2. The van der Waals surface area contributed by atoms with E-state index in [9.17, 15) is 9.90 Å². The largest absolute Gasteiger partial charge is 0.485 e. The smallest absolute Gasteiger partial charge is 0.171 e. The van der Waals surface area contributed by atoms with Gasteiger partial charge in [0.1, 0.15) is 17.5 Å². The number of nitriles is 1. The van der Waals surface area contributed by atoms with E-state index in [1.807, 2.05) is 13.8 Å². The van der Waals surface area contributed by atoms with Crippen LogP contribution in [0.2, 0.25) is 0 Å².